The van der Waals surface area contributed by atoms with Crippen LogP contribution in [0.2, 0.25) is 0 Å². The normalized spacial score (nSPS) is 29.8. The Kier molecular flexibility index (Phi) is 4.88. The topological polar surface area (TPSA) is 32.3 Å². The van der Waals surface area contributed by atoms with Gasteiger partial charge in [-0.2, -0.15) is 0 Å². The molecule has 3 fully saturated rings. The molecular weight excluding hydrogens is 296 g/mol. The molecule has 0 radical (unpaired) electrons. The molecule has 1 N–H and O–H groups in total. The van der Waals surface area contributed by atoms with E-state index < -0.39 is 0 Å². The molecule has 3 heteroatoms. The van der Waals surface area contributed by atoms with Crippen molar-refractivity contribution in [3.8, 4) is 0 Å². The SMILES string of the molecule is O=C(NCc1ccc(CN2CCCCC2)cc1)C1CC2CCC1C2. The number of amides is 1. The predicted molar refractivity (Wildman–Crippen MR) is 96.4 cm³/mol. The number of nitrogens with zero attached hydrogens (tertiary/aromatic N) is 1. The molecule has 24 heavy (non-hydrogen) atoms. The summed E-state index contributed by atoms with van der Waals surface area (Å²) < 4.78 is 0. The maximum absolute atomic E-state index is 12.4. The number of nitrogens with one attached hydrogen (secondary N) is 1. The van der Waals surface area contributed by atoms with E-state index in [0.717, 1.165) is 18.9 Å². The Morgan fingerprint density at radius 1 is 1.00 bits per heavy atom. The summed E-state index contributed by atoms with van der Waals surface area (Å²) in [4.78, 5) is 15.0. The fourth-order valence-corrected chi connectivity index (χ4v) is 5.02. The second kappa shape index (κ2) is 7.26. The first-order valence-corrected chi connectivity index (χ1v) is 9.86. The van der Waals surface area contributed by atoms with E-state index in [4.69, 9.17) is 0 Å². The fourth-order valence-electron chi connectivity index (χ4n) is 5.02. The summed E-state index contributed by atoms with van der Waals surface area (Å²) in [5, 5.41) is 3.18. The minimum atomic E-state index is 0.291. The molecular formula is C21H30N2O. The lowest BCUT2D eigenvalue weighted by atomic mass is 9.88. The summed E-state index contributed by atoms with van der Waals surface area (Å²) in [5.41, 5.74) is 2.61. The second-order valence-electron chi connectivity index (χ2n) is 8.15. The number of likely N-dealkylation sites (tertiary alicyclic amines) is 1. The Bertz CT molecular complexity index is 562. The van der Waals surface area contributed by atoms with Gasteiger partial charge in [0.15, 0.2) is 0 Å². The maximum Gasteiger partial charge on any atom is 0.223 e. The minimum Gasteiger partial charge on any atom is -0.352 e. The molecule has 2 aliphatic carbocycles. The summed E-state index contributed by atoms with van der Waals surface area (Å²) in [7, 11) is 0. The van der Waals surface area contributed by atoms with Gasteiger partial charge in [-0.15, -0.1) is 0 Å². The van der Waals surface area contributed by atoms with Crippen molar-refractivity contribution in [2.75, 3.05) is 13.1 Å². The van der Waals surface area contributed by atoms with Crippen LogP contribution >= 0.6 is 0 Å². The number of hydrogen-bond acceptors (Lipinski definition) is 2. The van der Waals surface area contributed by atoms with Crippen molar-refractivity contribution in [1.29, 1.82) is 0 Å². The molecule has 2 bridgehead atoms. The standard InChI is InChI=1S/C21H30N2O/c24-21(20-13-18-8-9-19(20)12-18)22-14-16-4-6-17(7-5-16)15-23-10-2-1-3-11-23/h4-7,18-20H,1-3,8-15H2,(H,22,24). The van der Waals surface area contributed by atoms with Crippen LogP contribution in [0.3, 0.4) is 0 Å². The van der Waals surface area contributed by atoms with E-state index >= 15 is 0 Å². The fraction of sp³-hybridized carbons (Fsp3) is 0.667. The Balaban J connectivity index is 1.25. The van der Waals surface area contributed by atoms with Gasteiger partial charge in [0, 0.05) is 19.0 Å². The van der Waals surface area contributed by atoms with Crippen LogP contribution in [-0.2, 0) is 17.9 Å². The molecule has 1 aliphatic heterocycles. The van der Waals surface area contributed by atoms with Gasteiger partial charge in [-0.25, -0.2) is 0 Å². The van der Waals surface area contributed by atoms with E-state index in [1.165, 1.54) is 62.7 Å². The van der Waals surface area contributed by atoms with Gasteiger partial charge in [-0.05, 0) is 68.2 Å². The van der Waals surface area contributed by atoms with E-state index in [1.54, 1.807) is 0 Å². The average molecular weight is 326 g/mol. The van der Waals surface area contributed by atoms with Crippen LogP contribution in [0, 0.1) is 17.8 Å². The van der Waals surface area contributed by atoms with Crippen LogP contribution in [0.15, 0.2) is 24.3 Å². The van der Waals surface area contributed by atoms with Crippen LogP contribution in [0.1, 0.15) is 56.1 Å². The van der Waals surface area contributed by atoms with Gasteiger partial charge in [0.1, 0.15) is 0 Å². The van der Waals surface area contributed by atoms with Crippen molar-refractivity contribution in [2.45, 2.75) is 58.0 Å². The molecule has 1 saturated heterocycles. The average Bonchev–Trinajstić information content (AvgIpc) is 3.25. The van der Waals surface area contributed by atoms with E-state index in [9.17, 15) is 4.79 Å². The van der Waals surface area contributed by atoms with Crippen molar-refractivity contribution in [1.82, 2.24) is 10.2 Å². The first kappa shape index (κ1) is 16.1. The summed E-state index contributed by atoms with van der Waals surface area (Å²) in [6, 6.07) is 8.82. The highest BCUT2D eigenvalue weighted by molar-refractivity contribution is 5.79. The van der Waals surface area contributed by atoms with Gasteiger partial charge in [-0.3, -0.25) is 9.69 Å². The maximum atomic E-state index is 12.4. The lowest BCUT2D eigenvalue weighted by molar-refractivity contribution is -0.126. The van der Waals surface area contributed by atoms with Gasteiger partial charge in [0.25, 0.3) is 0 Å². The van der Waals surface area contributed by atoms with Crippen molar-refractivity contribution in [3.05, 3.63) is 35.4 Å². The van der Waals surface area contributed by atoms with Gasteiger partial charge >= 0.3 is 0 Å². The number of rotatable bonds is 5. The van der Waals surface area contributed by atoms with E-state index in [1.807, 2.05) is 0 Å². The molecule has 130 valence electrons. The smallest absolute Gasteiger partial charge is 0.223 e. The van der Waals surface area contributed by atoms with E-state index in [-0.39, 0.29) is 0 Å². The third-order valence-electron chi connectivity index (χ3n) is 6.42. The predicted octanol–water partition coefficient (Wildman–Crippen LogP) is 3.72. The molecule has 1 heterocycles. The third-order valence-corrected chi connectivity index (χ3v) is 6.42. The molecule has 0 aromatic heterocycles. The number of piperidine rings is 1. The number of fused-ring (bicyclic) bond motifs is 2. The van der Waals surface area contributed by atoms with Crippen LogP contribution < -0.4 is 5.32 Å². The summed E-state index contributed by atoms with van der Waals surface area (Å²) >= 11 is 0. The van der Waals surface area contributed by atoms with Crippen molar-refractivity contribution in [3.63, 3.8) is 0 Å². The first-order chi connectivity index (χ1) is 11.8. The highest BCUT2D eigenvalue weighted by Gasteiger charge is 2.42. The van der Waals surface area contributed by atoms with Crippen LogP contribution in [-0.4, -0.2) is 23.9 Å². The minimum absolute atomic E-state index is 0.291. The Morgan fingerprint density at radius 2 is 1.75 bits per heavy atom. The van der Waals surface area contributed by atoms with Gasteiger partial charge in [-0.1, -0.05) is 37.1 Å². The van der Waals surface area contributed by atoms with Crippen molar-refractivity contribution < 1.29 is 4.79 Å². The van der Waals surface area contributed by atoms with Crippen molar-refractivity contribution >= 4 is 5.91 Å². The van der Waals surface area contributed by atoms with Crippen LogP contribution in [0.5, 0.6) is 0 Å². The summed E-state index contributed by atoms with van der Waals surface area (Å²) in [5.74, 6) is 2.09. The van der Waals surface area contributed by atoms with E-state index in [0.29, 0.717) is 24.3 Å². The quantitative estimate of drug-likeness (QED) is 0.894. The lowest BCUT2D eigenvalue weighted by Gasteiger charge is -2.26. The van der Waals surface area contributed by atoms with Gasteiger partial charge in [0.2, 0.25) is 5.91 Å². The Hall–Kier alpha value is -1.35. The zero-order chi connectivity index (χ0) is 16.4. The monoisotopic (exact) mass is 326 g/mol. The molecule has 3 nitrogen and oxygen atoms in total. The molecule has 1 amide bonds. The summed E-state index contributed by atoms with van der Waals surface area (Å²) in [6.07, 6.45) is 9.12. The summed E-state index contributed by atoms with van der Waals surface area (Å²) in [6.45, 7) is 4.22. The van der Waals surface area contributed by atoms with Crippen molar-refractivity contribution in [2.24, 2.45) is 17.8 Å². The molecule has 3 atom stereocenters. The largest absolute Gasteiger partial charge is 0.352 e. The highest BCUT2D eigenvalue weighted by atomic mass is 16.1. The van der Waals surface area contributed by atoms with Crippen LogP contribution in [0.25, 0.3) is 0 Å². The molecule has 4 rings (SSSR count). The molecule has 3 unspecified atom stereocenters. The molecule has 3 aliphatic rings. The number of carbonyl (C=O) groups is 1. The third kappa shape index (κ3) is 3.66. The van der Waals surface area contributed by atoms with E-state index in [2.05, 4.69) is 34.5 Å². The number of hydrogen-bond donors (Lipinski definition) is 1. The Labute approximate surface area is 145 Å². The number of benzene rings is 1. The lowest BCUT2D eigenvalue weighted by Crippen LogP contribution is -2.33. The Morgan fingerprint density at radius 3 is 2.42 bits per heavy atom. The zero-order valence-corrected chi connectivity index (χ0v) is 14.7. The molecule has 1 aromatic carbocycles. The molecule has 1 aromatic rings. The van der Waals surface area contributed by atoms with Gasteiger partial charge in [0.05, 0.1) is 0 Å². The molecule has 0 spiro atoms. The highest BCUT2D eigenvalue weighted by Crippen LogP contribution is 2.48. The van der Waals surface area contributed by atoms with Crippen LogP contribution in [0.4, 0.5) is 0 Å². The van der Waals surface area contributed by atoms with Gasteiger partial charge < -0.3 is 5.32 Å². The number of carbonyl (C=O) groups excluding carboxylic acids is 1. The molecule has 2 saturated carbocycles. The first-order valence-electron chi connectivity index (χ1n) is 9.86. The second-order valence-corrected chi connectivity index (χ2v) is 8.15. The zero-order valence-electron chi connectivity index (χ0n) is 14.7.